The first-order valence-electron chi connectivity index (χ1n) is 6.41. The van der Waals surface area contributed by atoms with E-state index in [1.54, 1.807) is 0 Å². The van der Waals surface area contributed by atoms with Crippen LogP contribution in [0.4, 0.5) is 0 Å². The normalized spacial score (nSPS) is 20.3. The third-order valence-corrected chi connectivity index (χ3v) is 3.86. The van der Waals surface area contributed by atoms with Crippen LogP contribution in [0.2, 0.25) is 5.02 Å². The molecule has 1 aromatic rings. The van der Waals surface area contributed by atoms with Crippen LogP contribution in [0.5, 0.6) is 5.75 Å². The number of likely N-dealkylation sites (tertiary alicyclic amines) is 1. The Labute approximate surface area is 113 Å². The Hall–Kier alpha value is -0.770. The van der Waals surface area contributed by atoms with Crippen LogP contribution in [0.1, 0.15) is 12.0 Å². The van der Waals surface area contributed by atoms with E-state index in [1.807, 2.05) is 25.1 Å². The standard InChI is InChI=1S/C14H20ClNO2/c1-11-8-13(2-3-14(11)15)18-7-6-16-5-4-12(9-16)10-17/h2-3,8,12,17H,4-7,9-10H2,1H3. The van der Waals surface area contributed by atoms with Gasteiger partial charge in [0, 0.05) is 24.7 Å². The number of rotatable bonds is 5. The molecule has 18 heavy (non-hydrogen) atoms. The summed E-state index contributed by atoms with van der Waals surface area (Å²) in [6.45, 7) is 5.92. The molecule has 1 aliphatic heterocycles. The van der Waals surface area contributed by atoms with Crippen LogP contribution in [-0.2, 0) is 0 Å². The minimum absolute atomic E-state index is 0.299. The van der Waals surface area contributed by atoms with Gasteiger partial charge in [-0.3, -0.25) is 4.90 Å². The number of aliphatic hydroxyl groups is 1. The van der Waals surface area contributed by atoms with Crippen molar-refractivity contribution < 1.29 is 9.84 Å². The quantitative estimate of drug-likeness (QED) is 0.891. The average molecular weight is 270 g/mol. The predicted molar refractivity (Wildman–Crippen MR) is 73.3 cm³/mol. The number of hydrogen-bond donors (Lipinski definition) is 1. The second-order valence-corrected chi connectivity index (χ2v) is 5.30. The van der Waals surface area contributed by atoms with Gasteiger partial charge in [0.25, 0.3) is 0 Å². The summed E-state index contributed by atoms with van der Waals surface area (Å²) in [6.07, 6.45) is 1.09. The maximum Gasteiger partial charge on any atom is 0.119 e. The molecule has 1 aromatic carbocycles. The van der Waals surface area contributed by atoms with Gasteiger partial charge in [0.05, 0.1) is 0 Å². The maximum absolute atomic E-state index is 9.07. The highest BCUT2D eigenvalue weighted by Crippen LogP contribution is 2.21. The van der Waals surface area contributed by atoms with E-state index in [2.05, 4.69) is 4.90 Å². The van der Waals surface area contributed by atoms with Crippen LogP contribution in [0.3, 0.4) is 0 Å². The molecule has 0 amide bonds. The van der Waals surface area contributed by atoms with Gasteiger partial charge in [-0.1, -0.05) is 11.6 Å². The lowest BCUT2D eigenvalue weighted by molar-refractivity contribution is 0.204. The molecule has 0 aromatic heterocycles. The van der Waals surface area contributed by atoms with Crippen molar-refractivity contribution in [1.29, 1.82) is 0 Å². The monoisotopic (exact) mass is 269 g/mol. The Morgan fingerprint density at radius 3 is 3.00 bits per heavy atom. The molecular formula is C14H20ClNO2. The van der Waals surface area contributed by atoms with Crippen molar-refractivity contribution in [3.63, 3.8) is 0 Å². The van der Waals surface area contributed by atoms with Crippen LogP contribution < -0.4 is 4.74 Å². The zero-order valence-corrected chi connectivity index (χ0v) is 11.5. The van der Waals surface area contributed by atoms with Crippen LogP contribution in [0.15, 0.2) is 18.2 Å². The molecule has 0 spiro atoms. The summed E-state index contributed by atoms with van der Waals surface area (Å²) in [7, 11) is 0. The molecule has 1 fully saturated rings. The summed E-state index contributed by atoms with van der Waals surface area (Å²) < 4.78 is 5.71. The maximum atomic E-state index is 9.07. The molecule has 0 radical (unpaired) electrons. The summed E-state index contributed by atoms with van der Waals surface area (Å²) in [4.78, 5) is 2.34. The van der Waals surface area contributed by atoms with Crippen LogP contribution >= 0.6 is 11.6 Å². The number of aryl methyl sites for hydroxylation is 1. The fraction of sp³-hybridized carbons (Fsp3) is 0.571. The molecular weight excluding hydrogens is 250 g/mol. The lowest BCUT2D eigenvalue weighted by atomic mass is 10.1. The molecule has 3 nitrogen and oxygen atoms in total. The molecule has 100 valence electrons. The van der Waals surface area contributed by atoms with Crippen molar-refractivity contribution in [3.8, 4) is 5.75 Å². The highest BCUT2D eigenvalue weighted by atomic mass is 35.5. The minimum Gasteiger partial charge on any atom is -0.492 e. The molecule has 0 saturated carbocycles. The first kappa shape index (κ1) is 13.7. The third-order valence-electron chi connectivity index (χ3n) is 3.43. The number of ether oxygens (including phenoxy) is 1. The molecule has 1 unspecified atom stereocenters. The van der Waals surface area contributed by atoms with Crippen LogP contribution in [-0.4, -0.2) is 42.9 Å². The molecule has 1 N–H and O–H groups in total. The number of aliphatic hydroxyl groups excluding tert-OH is 1. The molecule has 2 rings (SSSR count). The summed E-state index contributed by atoms with van der Waals surface area (Å²) in [6, 6.07) is 5.72. The largest absolute Gasteiger partial charge is 0.492 e. The van der Waals surface area contributed by atoms with Gasteiger partial charge in [0.1, 0.15) is 12.4 Å². The second kappa shape index (κ2) is 6.41. The SMILES string of the molecule is Cc1cc(OCCN2CCC(CO)C2)ccc1Cl. The Morgan fingerprint density at radius 1 is 1.50 bits per heavy atom. The van der Waals surface area contributed by atoms with Crippen molar-refractivity contribution >= 4 is 11.6 Å². The van der Waals surface area contributed by atoms with Crippen molar-refractivity contribution in [3.05, 3.63) is 28.8 Å². The van der Waals surface area contributed by atoms with E-state index in [9.17, 15) is 0 Å². The summed E-state index contributed by atoms with van der Waals surface area (Å²) in [5.41, 5.74) is 1.04. The van der Waals surface area contributed by atoms with Gasteiger partial charge >= 0.3 is 0 Å². The predicted octanol–water partition coefficient (Wildman–Crippen LogP) is 2.34. The van der Waals surface area contributed by atoms with Gasteiger partial charge in [-0.05, 0) is 49.6 Å². The number of benzene rings is 1. The molecule has 4 heteroatoms. The minimum atomic E-state index is 0.299. The molecule has 0 bridgehead atoms. The van der Waals surface area contributed by atoms with E-state index in [0.29, 0.717) is 19.1 Å². The van der Waals surface area contributed by atoms with E-state index in [-0.39, 0.29) is 0 Å². The Kier molecular flexibility index (Phi) is 4.87. The first-order valence-corrected chi connectivity index (χ1v) is 6.79. The van der Waals surface area contributed by atoms with Gasteiger partial charge in [0.15, 0.2) is 0 Å². The lowest BCUT2D eigenvalue weighted by Gasteiger charge is -2.16. The summed E-state index contributed by atoms with van der Waals surface area (Å²) >= 11 is 5.96. The third kappa shape index (κ3) is 3.61. The van der Waals surface area contributed by atoms with E-state index < -0.39 is 0 Å². The van der Waals surface area contributed by atoms with Crippen molar-refractivity contribution in [1.82, 2.24) is 4.90 Å². The zero-order chi connectivity index (χ0) is 13.0. The second-order valence-electron chi connectivity index (χ2n) is 4.90. The van der Waals surface area contributed by atoms with Gasteiger partial charge in [-0.15, -0.1) is 0 Å². The molecule has 1 heterocycles. The number of nitrogens with zero attached hydrogens (tertiary/aromatic N) is 1. The molecule has 1 saturated heterocycles. The summed E-state index contributed by atoms with van der Waals surface area (Å²) in [5.74, 6) is 1.32. The Bertz CT molecular complexity index is 397. The van der Waals surface area contributed by atoms with Gasteiger partial charge in [-0.25, -0.2) is 0 Å². The highest BCUT2D eigenvalue weighted by Gasteiger charge is 2.21. The Balaban J connectivity index is 1.73. The van der Waals surface area contributed by atoms with Gasteiger partial charge < -0.3 is 9.84 Å². The lowest BCUT2D eigenvalue weighted by Crippen LogP contribution is -2.26. The molecule has 1 atom stereocenters. The van der Waals surface area contributed by atoms with Gasteiger partial charge in [-0.2, -0.15) is 0 Å². The smallest absolute Gasteiger partial charge is 0.119 e. The number of halogens is 1. The van der Waals surface area contributed by atoms with Crippen molar-refractivity contribution in [2.24, 2.45) is 5.92 Å². The first-order chi connectivity index (χ1) is 8.69. The number of hydrogen-bond acceptors (Lipinski definition) is 3. The van der Waals surface area contributed by atoms with Gasteiger partial charge in [0.2, 0.25) is 0 Å². The molecule has 1 aliphatic rings. The topological polar surface area (TPSA) is 32.7 Å². The fourth-order valence-corrected chi connectivity index (χ4v) is 2.38. The van der Waals surface area contributed by atoms with E-state index in [1.165, 1.54) is 0 Å². The zero-order valence-electron chi connectivity index (χ0n) is 10.7. The van der Waals surface area contributed by atoms with E-state index in [4.69, 9.17) is 21.4 Å². The van der Waals surface area contributed by atoms with E-state index >= 15 is 0 Å². The van der Waals surface area contributed by atoms with Crippen molar-refractivity contribution in [2.45, 2.75) is 13.3 Å². The summed E-state index contributed by atoms with van der Waals surface area (Å²) in [5, 5.41) is 9.84. The molecule has 0 aliphatic carbocycles. The van der Waals surface area contributed by atoms with Crippen LogP contribution in [0.25, 0.3) is 0 Å². The van der Waals surface area contributed by atoms with Crippen LogP contribution in [0, 0.1) is 12.8 Å². The highest BCUT2D eigenvalue weighted by molar-refractivity contribution is 6.31. The fourth-order valence-electron chi connectivity index (χ4n) is 2.26. The average Bonchev–Trinajstić information content (AvgIpc) is 2.82. The van der Waals surface area contributed by atoms with E-state index in [0.717, 1.165) is 42.4 Å². The van der Waals surface area contributed by atoms with Crippen molar-refractivity contribution in [2.75, 3.05) is 32.8 Å². The Morgan fingerprint density at radius 2 is 2.33 bits per heavy atom.